The molecular weight excluding hydrogens is 294 g/mol. The largest absolute Gasteiger partial charge is 0.312 e. The molecule has 0 amide bonds. The smallest absolute Gasteiger partial charge is 0.243 e. The molecule has 0 aliphatic carbocycles. The van der Waals surface area contributed by atoms with E-state index >= 15 is 0 Å². The van der Waals surface area contributed by atoms with E-state index in [9.17, 15) is 8.42 Å². The molecule has 0 saturated carbocycles. The average molecular weight is 317 g/mol. The number of sulfonamides is 1. The molecule has 20 heavy (non-hydrogen) atoms. The first kappa shape index (κ1) is 15.9. The predicted octanol–water partition coefficient (Wildman–Crippen LogP) is 1.18. The molecule has 114 valence electrons. The van der Waals surface area contributed by atoms with Gasteiger partial charge in [-0.2, -0.15) is 4.31 Å². The van der Waals surface area contributed by atoms with Gasteiger partial charge in [-0.15, -0.1) is 11.3 Å². The minimum absolute atomic E-state index is 0.444. The normalized spacial score (nSPS) is 19.1. The van der Waals surface area contributed by atoms with E-state index in [1.807, 2.05) is 14.0 Å². The van der Waals surface area contributed by atoms with E-state index in [-0.39, 0.29) is 0 Å². The molecule has 0 atom stereocenters. The lowest BCUT2D eigenvalue weighted by Crippen LogP contribution is -2.34. The molecule has 1 fully saturated rings. The number of nitrogens with one attached hydrogen (secondary N) is 1. The lowest BCUT2D eigenvalue weighted by Gasteiger charge is -2.19. The van der Waals surface area contributed by atoms with Crippen molar-refractivity contribution in [2.45, 2.75) is 24.8 Å². The van der Waals surface area contributed by atoms with Gasteiger partial charge in [0, 0.05) is 36.4 Å². The van der Waals surface area contributed by atoms with Gasteiger partial charge in [0.1, 0.15) is 0 Å². The summed E-state index contributed by atoms with van der Waals surface area (Å²) in [4.78, 5) is 3.69. The van der Waals surface area contributed by atoms with E-state index in [0.29, 0.717) is 18.0 Å². The number of nitrogens with zero attached hydrogens (tertiary/aromatic N) is 2. The highest BCUT2D eigenvalue weighted by molar-refractivity contribution is 7.89. The van der Waals surface area contributed by atoms with Crippen LogP contribution in [0.1, 0.15) is 18.2 Å². The molecule has 0 spiro atoms. The fourth-order valence-electron chi connectivity index (χ4n) is 2.25. The van der Waals surface area contributed by atoms with Gasteiger partial charge in [-0.3, -0.25) is 0 Å². The van der Waals surface area contributed by atoms with Crippen LogP contribution in [0.2, 0.25) is 0 Å². The maximum Gasteiger partial charge on any atom is 0.243 e. The molecule has 1 aliphatic heterocycles. The van der Waals surface area contributed by atoms with Crippen LogP contribution in [0.3, 0.4) is 0 Å². The van der Waals surface area contributed by atoms with E-state index in [2.05, 4.69) is 10.2 Å². The minimum atomic E-state index is -3.32. The van der Waals surface area contributed by atoms with Crippen LogP contribution in [0.4, 0.5) is 0 Å². The Morgan fingerprint density at radius 3 is 2.85 bits per heavy atom. The van der Waals surface area contributed by atoms with Gasteiger partial charge in [-0.25, -0.2) is 8.42 Å². The Kier molecular flexibility index (Phi) is 5.57. The number of likely N-dealkylation sites (N-methyl/N-ethyl adjacent to an activating group) is 1. The summed E-state index contributed by atoms with van der Waals surface area (Å²) < 4.78 is 26.9. The second-order valence-corrected chi connectivity index (χ2v) is 8.02. The minimum Gasteiger partial charge on any atom is -0.312 e. The molecular formula is C13H23N3O2S2. The van der Waals surface area contributed by atoms with Gasteiger partial charge in [0.05, 0.1) is 4.90 Å². The molecule has 5 nitrogen and oxygen atoms in total. The van der Waals surface area contributed by atoms with Crippen LogP contribution in [-0.2, 0) is 16.6 Å². The monoisotopic (exact) mass is 317 g/mol. The van der Waals surface area contributed by atoms with Crippen LogP contribution >= 0.6 is 11.3 Å². The molecule has 1 aromatic heterocycles. The molecule has 0 unspecified atom stereocenters. The van der Waals surface area contributed by atoms with Crippen LogP contribution in [0, 0.1) is 0 Å². The van der Waals surface area contributed by atoms with Gasteiger partial charge in [-0.1, -0.05) is 6.92 Å². The van der Waals surface area contributed by atoms with Crippen molar-refractivity contribution in [3.05, 3.63) is 16.3 Å². The van der Waals surface area contributed by atoms with Crippen LogP contribution < -0.4 is 5.32 Å². The third-order valence-corrected chi connectivity index (χ3v) is 6.46. The number of thiophene rings is 1. The Morgan fingerprint density at radius 2 is 2.10 bits per heavy atom. The molecule has 2 rings (SSSR count). The van der Waals surface area contributed by atoms with Crippen molar-refractivity contribution in [1.29, 1.82) is 0 Å². The summed E-state index contributed by atoms with van der Waals surface area (Å²) in [5.41, 5.74) is 0. The maximum absolute atomic E-state index is 12.6. The molecule has 1 aliphatic rings. The molecule has 7 heteroatoms. The molecule has 0 bridgehead atoms. The highest BCUT2D eigenvalue weighted by Gasteiger charge is 2.26. The van der Waals surface area contributed by atoms with Crippen molar-refractivity contribution in [1.82, 2.24) is 14.5 Å². The molecule has 0 radical (unpaired) electrons. The summed E-state index contributed by atoms with van der Waals surface area (Å²) in [7, 11) is -1.29. The Bertz CT molecular complexity index is 527. The van der Waals surface area contributed by atoms with Gasteiger partial charge >= 0.3 is 0 Å². The third kappa shape index (κ3) is 3.79. The quantitative estimate of drug-likeness (QED) is 0.886. The predicted molar refractivity (Wildman–Crippen MR) is 82.6 cm³/mol. The molecule has 1 saturated heterocycles. The Morgan fingerprint density at radius 1 is 1.30 bits per heavy atom. The van der Waals surface area contributed by atoms with Crippen LogP contribution in [0.5, 0.6) is 0 Å². The summed E-state index contributed by atoms with van der Waals surface area (Å²) in [6.07, 6.45) is 0.893. The number of hydrogen-bond acceptors (Lipinski definition) is 5. The number of rotatable bonds is 5. The van der Waals surface area contributed by atoms with Crippen molar-refractivity contribution in [3.8, 4) is 0 Å². The lowest BCUT2D eigenvalue weighted by atomic mass is 10.4. The Labute approximate surface area is 125 Å². The molecule has 0 aromatic carbocycles. The zero-order valence-corrected chi connectivity index (χ0v) is 13.8. The summed E-state index contributed by atoms with van der Waals surface area (Å²) in [6.45, 7) is 6.62. The SMILES string of the molecule is CCNCc1cc(S(=O)(=O)N2CCCN(C)CC2)cs1. The highest BCUT2D eigenvalue weighted by atomic mass is 32.2. The van der Waals surface area contributed by atoms with Crippen molar-refractivity contribution < 1.29 is 8.42 Å². The number of hydrogen-bond donors (Lipinski definition) is 1. The first-order valence-corrected chi connectivity index (χ1v) is 9.33. The highest BCUT2D eigenvalue weighted by Crippen LogP contribution is 2.23. The summed E-state index contributed by atoms with van der Waals surface area (Å²) in [5.74, 6) is 0. The summed E-state index contributed by atoms with van der Waals surface area (Å²) in [5, 5.41) is 4.98. The van der Waals surface area contributed by atoms with Crippen LogP contribution in [0.25, 0.3) is 0 Å². The van der Waals surface area contributed by atoms with Gasteiger partial charge < -0.3 is 10.2 Å². The summed E-state index contributed by atoms with van der Waals surface area (Å²) >= 11 is 1.51. The van der Waals surface area contributed by atoms with Gasteiger partial charge in [0.25, 0.3) is 0 Å². The maximum atomic E-state index is 12.6. The molecule has 1 aromatic rings. The first-order chi connectivity index (χ1) is 9.54. The second-order valence-electron chi connectivity index (χ2n) is 5.09. The van der Waals surface area contributed by atoms with Crippen LogP contribution in [0.15, 0.2) is 16.3 Å². The van der Waals surface area contributed by atoms with Crippen molar-refractivity contribution in [2.24, 2.45) is 0 Å². The fraction of sp³-hybridized carbons (Fsp3) is 0.692. The summed E-state index contributed by atoms with van der Waals surface area (Å²) in [6, 6.07) is 1.80. The topological polar surface area (TPSA) is 52.7 Å². The lowest BCUT2D eigenvalue weighted by molar-refractivity contribution is 0.347. The average Bonchev–Trinajstić information content (AvgIpc) is 2.79. The molecule has 2 heterocycles. The van der Waals surface area contributed by atoms with Crippen molar-refractivity contribution >= 4 is 21.4 Å². The fourth-order valence-corrected chi connectivity index (χ4v) is 4.95. The zero-order valence-electron chi connectivity index (χ0n) is 12.1. The van der Waals surface area contributed by atoms with E-state index in [0.717, 1.165) is 37.5 Å². The first-order valence-electron chi connectivity index (χ1n) is 7.01. The Hall–Kier alpha value is -0.470. The molecule has 1 N–H and O–H groups in total. The van der Waals surface area contributed by atoms with Crippen molar-refractivity contribution in [3.63, 3.8) is 0 Å². The van der Waals surface area contributed by atoms with E-state index in [1.54, 1.807) is 15.8 Å². The van der Waals surface area contributed by atoms with Crippen molar-refractivity contribution in [2.75, 3.05) is 39.8 Å². The van der Waals surface area contributed by atoms with Gasteiger partial charge in [-0.05, 0) is 32.6 Å². The van der Waals surface area contributed by atoms with E-state index in [1.165, 1.54) is 11.3 Å². The second kappa shape index (κ2) is 7.00. The van der Waals surface area contributed by atoms with Gasteiger partial charge in [0.15, 0.2) is 0 Å². The van der Waals surface area contributed by atoms with E-state index in [4.69, 9.17) is 0 Å². The standard InChI is InChI=1S/C13H23N3O2S2/c1-3-14-10-12-9-13(11-19-12)20(17,18)16-6-4-5-15(2)7-8-16/h9,11,14H,3-8,10H2,1-2H3. The zero-order chi connectivity index (χ0) is 14.6. The Balaban J connectivity index is 2.10. The van der Waals surface area contributed by atoms with Gasteiger partial charge in [0.2, 0.25) is 10.0 Å². The van der Waals surface area contributed by atoms with E-state index < -0.39 is 10.0 Å². The van der Waals surface area contributed by atoms with Crippen LogP contribution in [-0.4, -0.2) is 57.4 Å². The third-order valence-electron chi connectivity index (χ3n) is 3.50.